The van der Waals surface area contributed by atoms with Crippen LogP contribution in [-0.2, 0) is 25.4 Å². The zero-order valence-corrected chi connectivity index (χ0v) is 28.5. The molecule has 3 heterocycles. The second kappa shape index (κ2) is 11.8. The lowest BCUT2D eigenvalue weighted by atomic mass is 9.57. The van der Waals surface area contributed by atoms with Crippen LogP contribution in [0.1, 0.15) is 24.1 Å². The summed E-state index contributed by atoms with van der Waals surface area (Å²) >= 11 is 20.5. The van der Waals surface area contributed by atoms with Gasteiger partial charge in [-0.3, -0.25) is 29.1 Å². The van der Waals surface area contributed by atoms with Crippen molar-refractivity contribution in [2.45, 2.75) is 28.8 Å². The number of imide groups is 2. The van der Waals surface area contributed by atoms with Gasteiger partial charge in [0, 0.05) is 20.0 Å². The number of allylic oxidation sites excluding steroid dienone is 3. The Hall–Kier alpha value is -4.01. The number of anilines is 1. The molecule has 4 amide bonds. The molecule has 1 aromatic heterocycles. The standard InChI is InChI=1S/C32H28Cl3F3N4O7/c1-40-28(46)30(34)13-17-15(18(31(30,35)29(40)47)8-5-14-11-20(48-3)24(43)21(12-14)49-4)6-7-16-23(17)27(45)42(26(16)44)41(2)25-19(33)9-10-22(39-25)32(36,37)38/h5-6,8-12,16-18,23,43H,7,13H2,1-4H3/t16-,17+,18-,23-,30+,31-/m0/s1. The van der Waals surface area contributed by atoms with Gasteiger partial charge in [-0.15, -0.1) is 23.2 Å². The normalized spacial score (nSPS) is 29.6. The fourth-order valence-electron chi connectivity index (χ4n) is 7.40. The maximum Gasteiger partial charge on any atom is 0.433 e. The van der Waals surface area contributed by atoms with E-state index in [1.165, 1.54) is 40.4 Å². The molecule has 17 heteroatoms. The second-order valence-electron chi connectivity index (χ2n) is 12.2. The van der Waals surface area contributed by atoms with E-state index < -0.39 is 74.7 Å². The summed E-state index contributed by atoms with van der Waals surface area (Å²) in [6.45, 7) is 0. The van der Waals surface area contributed by atoms with Gasteiger partial charge in [0.2, 0.25) is 5.75 Å². The van der Waals surface area contributed by atoms with Crippen molar-refractivity contribution < 1.29 is 46.9 Å². The van der Waals surface area contributed by atoms with Crippen LogP contribution in [0.5, 0.6) is 17.2 Å². The summed E-state index contributed by atoms with van der Waals surface area (Å²) in [5.74, 6) is -7.61. The van der Waals surface area contributed by atoms with Gasteiger partial charge in [-0.2, -0.15) is 18.2 Å². The van der Waals surface area contributed by atoms with E-state index in [0.29, 0.717) is 22.2 Å². The molecule has 0 bridgehead atoms. The number of nitrogens with zero attached hydrogens (tertiary/aromatic N) is 4. The summed E-state index contributed by atoms with van der Waals surface area (Å²) in [6.07, 6.45) is -0.265. The first-order chi connectivity index (χ1) is 22.9. The molecule has 1 aromatic carbocycles. The summed E-state index contributed by atoms with van der Waals surface area (Å²) in [5.41, 5.74) is -0.335. The molecule has 2 aliphatic heterocycles. The maximum absolute atomic E-state index is 14.2. The highest BCUT2D eigenvalue weighted by Gasteiger charge is 2.75. The molecule has 3 fully saturated rings. The number of rotatable bonds is 6. The Bertz CT molecular complexity index is 1850. The van der Waals surface area contributed by atoms with Crippen LogP contribution in [0.15, 0.2) is 42.0 Å². The largest absolute Gasteiger partial charge is 0.502 e. The number of hydrogen-bond acceptors (Lipinski definition) is 9. The predicted molar refractivity (Wildman–Crippen MR) is 171 cm³/mol. The predicted octanol–water partition coefficient (Wildman–Crippen LogP) is 5.06. The molecular formula is C32H28Cl3F3N4O7. The summed E-state index contributed by atoms with van der Waals surface area (Å²) in [6, 6.07) is 4.65. The SMILES string of the molecule is COc1cc(C=C[C@H]2C3=CC[C@@H]4C(=O)N(N(C)c5nc(C(F)(F)F)ccc5Cl)C(=O)[C@@H]4[C@@H]3C[C@@]3(Cl)C(=O)N(C)C(=O)[C@@]23Cl)cc(OC)c1O. The third-order valence-corrected chi connectivity index (χ3v) is 11.5. The number of methoxy groups -OCH3 is 2. The van der Waals surface area contributed by atoms with Crippen LogP contribution in [0.3, 0.4) is 0 Å². The highest BCUT2D eigenvalue weighted by Crippen LogP contribution is 2.63. The topological polar surface area (TPSA) is 130 Å². The number of hydrogen-bond donors (Lipinski definition) is 1. The van der Waals surface area contributed by atoms with Gasteiger partial charge in [-0.05, 0) is 48.6 Å². The number of hydrazine groups is 1. The van der Waals surface area contributed by atoms with E-state index in [-0.39, 0.29) is 35.1 Å². The van der Waals surface area contributed by atoms with Gasteiger partial charge in [0.1, 0.15) is 5.69 Å². The third kappa shape index (κ3) is 4.96. The number of fused-ring (bicyclic) bond motifs is 4. The third-order valence-electron chi connectivity index (χ3n) is 9.76. The number of aromatic hydroxyl groups is 1. The first-order valence-electron chi connectivity index (χ1n) is 14.8. The first kappa shape index (κ1) is 34.8. The lowest BCUT2D eigenvalue weighted by Gasteiger charge is -2.49. The molecule has 2 saturated heterocycles. The van der Waals surface area contributed by atoms with Gasteiger partial charge < -0.3 is 14.6 Å². The fourth-order valence-corrected chi connectivity index (χ4v) is 8.60. The minimum absolute atomic E-state index is 0.0145. The van der Waals surface area contributed by atoms with Gasteiger partial charge in [0.15, 0.2) is 27.1 Å². The van der Waals surface area contributed by atoms with E-state index in [1.54, 1.807) is 18.2 Å². The number of phenols is 1. The van der Waals surface area contributed by atoms with Crippen molar-refractivity contribution in [1.29, 1.82) is 0 Å². The van der Waals surface area contributed by atoms with Crippen molar-refractivity contribution in [3.63, 3.8) is 0 Å². The Labute approximate surface area is 292 Å². The van der Waals surface area contributed by atoms with Crippen LogP contribution in [0.25, 0.3) is 6.08 Å². The number of halogens is 6. The van der Waals surface area contributed by atoms with Crippen LogP contribution >= 0.6 is 34.8 Å². The van der Waals surface area contributed by atoms with Crippen molar-refractivity contribution in [3.05, 3.63) is 58.3 Å². The van der Waals surface area contributed by atoms with E-state index in [0.717, 1.165) is 16.0 Å². The average Bonchev–Trinajstić information content (AvgIpc) is 3.38. The summed E-state index contributed by atoms with van der Waals surface area (Å²) in [7, 11) is 5.15. The zero-order valence-electron chi connectivity index (χ0n) is 26.2. The molecule has 4 aliphatic rings. The Morgan fingerprint density at radius 2 is 1.67 bits per heavy atom. The maximum atomic E-state index is 14.2. The highest BCUT2D eigenvalue weighted by molar-refractivity contribution is 6.53. The van der Waals surface area contributed by atoms with Gasteiger partial charge in [0.05, 0.1) is 31.1 Å². The van der Waals surface area contributed by atoms with Gasteiger partial charge >= 0.3 is 6.18 Å². The Balaban J connectivity index is 1.43. The number of likely N-dealkylation sites (tertiary alicyclic amines) is 1. The monoisotopic (exact) mass is 742 g/mol. The van der Waals surface area contributed by atoms with Crippen LogP contribution in [0.4, 0.5) is 19.0 Å². The van der Waals surface area contributed by atoms with Crippen molar-refractivity contribution >= 4 is 70.3 Å². The molecule has 2 aromatic rings. The van der Waals surface area contributed by atoms with Crippen molar-refractivity contribution in [3.8, 4) is 17.2 Å². The number of phenolic OH excluding ortho intramolecular Hbond substituents is 1. The molecule has 1 N–H and O–H groups in total. The molecule has 0 spiro atoms. The lowest BCUT2D eigenvalue weighted by Crippen LogP contribution is -2.60. The second-order valence-corrected chi connectivity index (χ2v) is 13.8. The number of aromatic nitrogens is 1. The molecule has 260 valence electrons. The number of carbonyl (C=O) groups excluding carboxylic acids is 4. The van der Waals surface area contributed by atoms with Crippen molar-refractivity contribution in [2.75, 3.05) is 33.3 Å². The molecule has 6 rings (SSSR count). The van der Waals surface area contributed by atoms with E-state index in [9.17, 15) is 37.5 Å². The highest BCUT2D eigenvalue weighted by atomic mass is 35.5. The van der Waals surface area contributed by atoms with Crippen LogP contribution in [-0.4, -0.2) is 81.7 Å². The Kier molecular flexibility index (Phi) is 8.39. The van der Waals surface area contributed by atoms with Crippen molar-refractivity contribution in [2.24, 2.45) is 23.7 Å². The number of carbonyl (C=O) groups is 4. The Morgan fingerprint density at radius 3 is 2.27 bits per heavy atom. The molecule has 1 saturated carbocycles. The number of amides is 4. The lowest BCUT2D eigenvalue weighted by molar-refractivity contribution is -0.141. The summed E-state index contributed by atoms with van der Waals surface area (Å²) in [5, 5.41) is 11.7. The zero-order chi connectivity index (χ0) is 36.0. The van der Waals surface area contributed by atoms with Gasteiger partial charge in [0.25, 0.3) is 23.6 Å². The van der Waals surface area contributed by atoms with Gasteiger partial charge in [-0.25, -0.2) is 4.98 Å². The minimum atomic E-state index is -4.83. The van der Waals surface area contributed by atoms with Crippen LogP contribution < -0.4 is 14.5 Å². The molecule has 49 heavy (non-hydrogen) atoms. The summed E-state index contributed by atoms with van der Waals surface area (Å²) in [4.78, 5) is 55.7. The first-order valence-corrected chi connectivity index (χ1v) is 15.9. The number of benzene rings is 1. The van der Waals surface area contributed by atoms with E-state index in [1.807, 2.05) is 0 Å². The van der Waals surface area contributed by atoms with Crippen LogP contribution in [0, 0.1) is 23.7 Å². The number of alkyl halides is 5. The minimum Gasteiger partial charge on any atom is -0.502 e. The smallest absolute Gasteiger partial charge is 0.433 e. The molecule has 6 atom stereocenters. The van der Waals surface area contributed by atoms with E-state index in [4.69, 9.17) is 44.3 Å². The van der Waals surface area contributed by atoms with E-state index in [2.05, 4.69) is 4.98 Å². The van der Waals surface area contributed by atoms with Crippen molar-refractivity contribution in [1.82, 2.24) is 14.9 Å². The molecule has 11 nitrogen and oxygen atoms in total. The fraction of sp³-hybridized carbons (Fsp3) is 0.406. The van der Waals surface area contributed by atoms with Gasteiger partial charge in [-0.1, -0.05) is 35.4 Å². The molecular weight excluding hydrogens is 716 g/mol. The number of pyridine rings is 1. The van der Waals surface area contributed by atoms with Crippen LogP contribution in [0.2, 0.25) is 5.02 Å². The number of ether oxygens (including phenoxy) is 2. The molecule has 0 radical (unpaired) electrons. The summed E-state index contributed by atoms with van der Waals surface area (Å²) < 4.78 is 51.0. The van der Waals surface area contributed by atoms with E-state index >= 15 is 0 Å². The molecule has 0 unspecified atom stereocenters. The quantitative estimate of drug-likeness (QED) is 0.245. The Morgan fingerprint density at radius 1 is 1.04 bits per heavy atom. The average molecular weight is 744 g/mol. The molecule has 2 aliphatic carbocycles.